The van der Waals surface area contributed by atoms with E-state index in [1.54, 1.807) is 30.5 Å². The summed E-state index contributed by atoms with van der Waals surface area (Å²) >= 11 is 0. The predicted molar refractivity (Wildman–Crippen MR) is 167 cm³/mol. The highest BCUT2D eigenvalue weighted by molar-refractivity contribution is 6.43. The molecule has 0 saturated carbocycles. The molecule has 0 spiro atoms. The van der Waals surface area contributed by atoms with Crippen molar-refractivity contribution in [1.29, 1.82) is 0 Å². The number of aromatic nitrogens is 1. The van der Waals surface area contributed by atoms with Crippen LogP contribution in [-0.4, -0.2) is 39.9 Å². The van der Waals surface area contributed by atoms with Crippen LogP contribution in [0.4, 0.5) is 0 Å². The summed E-state index contributed by atoms with van der Waals surface area (Å²) in [6.45, 7) is 2.04. The van der Waals surface area contributed by atoms with E-state index in [1.165, 1.54) is 0 Å². The number of fused-ring (bicyclic) bond motifs is 5. The molecular formula is C36H32BNO5. The van der Waals surface area contributed by atoms with Gasteiger partial charge in [0.25, 0.3) is 0 Å². The Morgan fingerprint density at radius 3 is 2.42 bits per heavy atom. The number of benzene rings is 3. The molecule has 43 heavy (non-hydrogen) atoms. The third-order valence-corrected chi connectivity index (χ3v) is 9.44. The molecule has 0 unspecified atom stereocenters. The lowest BCUT2D eigenvalue weighted by Gasteiger charge is -2.47. The van der Waals surface area contributed by atoms with E-state index in [0.717, 1.165) is 38.7 Å². The first-order valence-corrected chi connectivity index (χ1v) is 14.9. The molecule has 0 bridgehead atoms. The molecule has 1 fully saturated rings. The molecule has 3 aliphatic rings. The Morgan fingerprint density at radius 2 is 1.65 bits per heavy atom. The number of rotatable bonds is 5. The van der Waals surface area contributed by atoms with E-state index < -0.39 is 25.1 Å². The first kappa shape index (κ1) is 27.5. The summed E-state index contributed by atoms with van der Waals surface area (Å²) < 4.78 is 6.18. The fourth-order valence-corrected chi connectivity index (χ4v) is 7.56. The summed E-state index contributed by atoms with van der Waals surface area (Å²) in [7, 11) is -1.02. The number of nitrogens with zero attached hydrogens (tertiary/aromatic N) is 1. The van der Waals surface area contributed by atoms with Gasteiger partial charge in [-0.3, -0.25) is 14.6 Å². The zero-order valence-corrected chi connectivity index (χ0v) is 23.9. The summed E-state index contributed by atoms with van der Waals surface area (Å²) in [4.78, 5) is 32.0. The molecule has 6 nitrogen and oxygen atoms in total. The van der Waals surface area contributed by atoms with E-state index in [-0.39, 0.29) is 23.2 Å². The van der Waals surface area contributed by atoms with Crippen molar-refractivity contribution in [2.24, 2.45) is 17.8 Å². The minimum Gasteiger partial charge on any atom is -0.507 e. The maximum Gasteiger partial charge on any atom is 0.455 e. The molecule has 7 rings (SSSR count). The minimum absolute atomic E-state index is 0.00340. The van der Waals surface area contributed by atoms with Crippen LogP contribution in [0.3, 0.4) is 0 Å². The zero-order chi connectivity index (χ0) is 29.7. The molecule has 2 aliphatic carbocycles. The highest BCUT2D eigenvalue weighted by atomic mass is 16.5. The summed E-state index contributed by atoms with van der Waals surface area (Å²) in [5, 5.41) is 23.1. The number of pyridine rings is 1. The Kier molecular flexibility index (Phi) is 7.08. The fourth-order valence-electron chi connectivity index (χ4n) is 7.56. The molecule has 1 aliphatic heterocycles. The smallest absolute Gasteiger partial charge is 0.455 e. The zero-order valence-electron chi connectivity index (χ0n) is 23.9. The monoisotopic (exact) mass is 569 g/mol. The molecule has 7 heteroatoms. The number of phenols is 1. The van der Waals surface area contributed by atoms with Crippen molar-refractivity contribution in [3.63, 3.8) is 0 Å². The molecule has 0 amide bonds. The van der Waals surface area contributed by atoms with Crippen LogP contribution in [-0.2, 0) is 4.65 Å². The maximum absolute atomic E-state index is 13.8. The van der Waals surface area contributed by atoms with Gasteiger partial charge in [0.05, 0.1) is 11.8 Å². The number of Topliss-reactive ketones (excluding diaryl/α,β-unsaturated/α-hetero) is 2. The average molecular weight is 569 g/mol. The van der Waals surface area contributed by atoms with Gasteiger partial charge in [-0.1, -0.05) is 66.2 Å². The molecule has 4 atom stereocenters. The SMILES string of the molecule is CC1=C2[C@@H](CC/C(=C/c3ccc(O)c4ccccc34)c3ccccn3)OB(O)C[C@@H]2[C@@H]2C(=O)c3ccccc3C(=O)[C@@H]2C1. The lowest BCUT2D eigenvalue weighted by molar-refractivity contribution is 0.0602. The minimum atomic E-state index is -1.02. The Labute approximate surface area is 250 Å². The topological polar surface area (TPSA) is 96.7 Å². The van der Waals surface area contributed by atoms with Crippen molar-refractivity contribution in [2.45, 2.75) is 38.6 Å². The predicted octanol–water partition coefficient (Wildman–Crippen LogP) is 6.79. The van der Waals surface area contributed by atoms with Gasteiger partial charge in [-0.25, -0.2) is 0 Å². The first-order chi connectivity index (χ1) is 20.9. The third kappa shape index (κ3) is 4.83. The number of aromatic hydroxyl groups is 1. The van der Waals surface area contributed by atoms with Gasteiger partial charge in [-0.05, 0) is 84.8 Å². The van der Waals surface area contributed by atoms with Gasteiger partial charge in [0.1, 0.15) is 5.75 Å². The van der Waals surface area contributed by atoms with E-state index >= 15 is 0 Å². The molecular weight excluding hydrogens is 537 g/mol. The third-order valence-electron chi connectivity index (χ3n) is 9.44. The summed E-state index contributed by atoms with van der Waals surface area (Å²) in [5.41, 5.74) is 5.96. The highest BCUT2D eigenvalue weighted by Crippen LogP contribution is 2.51. The van der Waals surface area contributed by atoms with Crippen molar-refractivity contribution in [3.8, 4) is 5.75 Å². The standard InChI is InChI=1S/C36H32BNO5/c1-21-18-28-34(36(41)27-11-5-4-10-26(27)35(28)40)29-20-37(42)43-32(33(21)29)16-14-23(30-12-6-7-17-38-30)19-22-13-15-31(39)25-9-3-2-8-24(22)25/h2-13,15,17,19,28-29,32,34,39,42H,14,16,18,20H2,1H3/b23-19-/t28-,29+,32-,34-/m1/s1. The van der Waals surface area contributed by atoms with Crippen molar-refractivity contribution in [3.05, 3.63) is 119 Å². The Bertz CT molecular complexity index is 1810. The second-order valence-corrected chi connectivity index (χ2v) is 11.9. The van der Waals surface area contributed by atoms with Crippen LogP contribution < -0.4 is 0 Å². The van der Waals surface area contributed by atoms with Gasteiger partial charge in [0, 0.05) is 34.5 Å². The van der Waals surface area contributed by atoms with Crippen molar-refractivity contribution >= 4 is 41.1 Å². The number of phenolic OH excluding ortho intramolecular Hbond substituents is 1. The number of carbonyl (C=O) groups excluding carboxylic acids is 2. The van der Waals surface area contributed by atoms with Gasteiger partial charge in [-0.15, -0.1) is 0 Å². The molecule has 3 aromatic carbocycles. The molecule has 1 aromatic heterocycles. The summed E-state index contributed by atoms with van der Waals surface area (Å²) in [6.07, 6.45) is 5.50. The Morgan fingerprint density at radius 1 is 0.930 bits per heavy atom. The van der Waals surface area contributed by atoms with Crippen molar-refractivity contribution < 1.29 is 24.4 Å². The quantitative estimate of drug-likeness (QED) is 0.203. The summed E-state index contributed by atoms with van der Waals surface area (Å²) in [6, 6.07) is 24.3. The molecule has 4 aromatic rings. The number of carbonyl (C=O) groups is 2. The maximum atomic E-state index is 13.8. The van der Waals surface area contributed by atoms with Gasteiger partial charge in [-0.2, -0.15) is 0 Å². The van der Waals surface area contributed by atoms with Gasteiger partial charge >= 0.3 is 7.12 Å². The van der Waals surface area contributed by atoms with Crippen LogP contribution in [0.25, 0.3) is 22.4 Å². The van der Waals surface area contributed by atoms with Gasteiger partial charge in [0.2, 0.25) is 0 Å². The van der Waals surface area contributed by atoms with Crippen molar-refractivity contribution in [1.82, 2.24) is 4.98 Å². The molecule has 2 N–H and O–H groups in total. The van der Waals surface area contributed by atoms with E-state index in [2.05, 4.69) is 11.1 Å². The van der Waals surface area contributed by atoms with Crippen LogP contribution in [0.2, 0.25) is 6.32 Å². The number of hydrogen-bond donors (Lipinski definition) is 2. The van der Waals surface area contributed by atoms with E-state index in [4.69, 9.17) is 4.65 Å². The number of allylic oxidation sites excluding steroid dienone is 2. The Hall–Kier alpha value is -4.33. The first-order valence-electron chi connectivity index (χ1n) is 14.9. The van der Waals surface area contributed by atoms with Crippen LogP contribution in [0.5, 0.6) is 5.75 Å². The fraction of sp³-hybridized carbons (Fsp3) is 0.250. The van der Waals surface area contributed by atoms with Crippen molar-refractivity contribution in [2.75, 3.05) is 0 Å². The normalized spacial score (nSPS) is 23.7. The summed E-state index contributed by atoms with van der Waals surface area (Å²) in [5.74, 6) is -0.890. The van der Waals surface area contributed by atoms with Gasteiger partial charge < -0.3 is 14.8 Å². The molecule has 1 saturated heterocycles. The van der Waals surface area contributed by atoms with E-state index in [0.29, 0.717) is 36.7 Å². The molecule has 0 radical (unpaired) electrons. The van der Waals surface area contributed by atoms with Crippen LogP contribution in [0.15, 0.2) is 96.2 Å². The lowest BCUT2D eigenvalue weighted by Crippen LogP contribution is -2.50. The number of hydrogen-bond acceptors (Lipinski definition) is 6. The van der Waals surface area contributed by atoms with E-state index in [9.17, 15) is 19.7 Å². The largest absolute Gasteiger partial charge is 0.507 e. The lowest BCUT2D eigenvalue weighted by atomic mass is 9.54. The second-order valence-electron chi connectivity index (χ2n) is 11.9. The highest BCUT2D eigenvalue weighted by Gasteiger charge is 2.53. The Balaban J connectivity index is 1.23. The van der Waals surface area contributed by atoms with Crippen LogP contribution in [0, 0.1) is 17.8 Å². The van der Waals surface area contributed by atoms with Crippen LogP contribution in [0.1, 0.15) is 58.2 Å². The molecule has 2 heterocycles. The van der Waals surface area contributed by atoms with E-state index in [1.807, 2.05) is 61.5 Å². The van der Waals surface area contributed by atoms with Crippen LogP contribution >= 0.6 is 0 Å². The average Bonchev–Trinajstić information content (AvgIpc) is 3.03. The molecule has 214 valence electrons. The van der Waals surface area contributed by atoms with Gasteiger partial charge in [0.15, 0.2) is 11.6 Å². The number of ketones is 2. The second kappa shape index (κ2) is 11.1.